The number of aryl methyl sites for hydroxylation is 1. The Morgan fingerprint density at radius 3 is 1.85 bits per heavy atom. The first-order valence-electron chi connectivity index (χ1n) is 12.1. The summed E-state index contributed by atoms with van der Waals surface area (Å²) in [6.07, 6.45) is -12.2. The first-order valence-corrected chi connectivity index (χ1v) is 12.1. The third kappa shape index (κ3) is 5.13. The number of aliphatic hydroxyl groups is 3. The second-order valence-corrected chi connectivity index (χ2v) is 9.53. The van der Waals surface area contributed by atoms with Gasteiger partial charge in [0.1, 0.15) is 5.75 Å². The van der Waals surface area contributed by atoms with Gasteiger partial charge in [-0.15, -0.1) is 0 Å². The van der Waals surface area contributed by atoms with Crippen molar-refractivity contribution in [3.63, 3.8) is 0 Å². The average molecular weight is 557 g/mol. The molecule has 1 atom stereocenters. The van der Waals surface area contributed by atoms with Crippen molar-refractivity contribution in [3.8, 4) is 16.9 Å². The van der Waals surface area contributed by atoms with Crippen molar-refractivity contribution in [2.24, 2.45) is 0 Å². The van der Waals surface area contributed by atoms with Crippen molar-refractivity contribution in [2.75, 3.05) is 0 Å². The molecule has 3 aromatic carbocycles. The van der Waals surface area contributed by atoms with Crippen LogP contribution in [0.25, 0.3) is 11.1 Å². The summed E-state index contributed by atoms with van der Waals surface area (Å²) in [7, 11) is 0. The van der Waals surface area contributed by atoms with Crippen molar-refractivity contribution in [3.05, 3.63) is 88.0 Å². The summed E-state index contributed by atoms with van der Waals surface area (Å²) in [5, 5.41) is 30.0. The van der Waals surface area contributed by atoms with E-state index < -0.39 is 42.3 Å². The first-order chi connectivity index (χ1) is 18.1. The molecule has 0 saturated heterocycles. The van der Waals surface area contributed by atoms with E-state index in [-0.39, 0.29) is 23.3 Å². The van der Waals surface area contributed by atoms with Gasteiger partial charge in [0.25, 0.3) is 0 Å². The smallest absolute Gasteiger partial charge is 0.430 e. The Kier molecular flexibility index (Phi) is 8.46. The van der Waals surface area contributed by atoms with Crippen molar-refractivity contribution >= 4 is 0 Å². The largest absolute Gasteiger partial charge is 0.478 e. The van der Waals surface area contributed by atoms with E-state index in [2.05, 4.69) is 0 Å². The summed E-state index contributed by atoms with van der Waals surface area (Å²) in [6, 6.07) is 13.5. The third-order valence-corrected chi connectivity index (χ3v) is 7.25. The lowest BCUT2D eigenvalue weighted by molar-refractivity contribution is -0.409. The minimum atomic E-state index is -6.22. The molecule has 0 fully saturated rings. The highest BCUT2D eigenvalue weighted by Gasteiger charge is 2.80. The fraction of sp³-hybridized carbons (Fsp3) is 0.379. The molecule has 0 aromatic heterocycles. The zero-order valence-corrected chi connectivity index (χ0v) is 21.8. The van der Waals surface area contributed by atoms with Crippen molar-refractivity contribution in [1.29, 1.82) is 0 Å². The number of halogens is 6. The minimum Gasteiger partial charge on any atom is -0.478 e. The lowest BCUT2D eigenvalue weighted by Crippen LogP contribution is -2.70. The molecule has 0 saturated carbocycles. The fourth-order valence-corrected chi connectivity index (χ4v) is 4.78. The Balaban J connectivity index is 2.44. The average Bonchev–Trinajstić information content (AvgIpc) is 2.89. The lowest BCUT2D eigenvalue weighted by Gasteiger charge is -2.46. The molecule has 0 amide bonds. The summed E-state index contributed by atoms with van der Waals surface area (Å²) < 4.78 is 92.1. The topological polar surface area (TPSA) is 69.9 Å². The second kappa shape index (κ2) is 10.8. The first kappa shape index (κ1) is 30.5. The van der Waals surface area contributed by atoms with Gasteiger partial charge in [0.05, 0.1) is 13.2 Å². The molecule has 0 aliphatic rings. The van der Waals surface area contributed by atoms with E-state index in [4.69, 9.17) is 4.74 Å². The van der Waals surface area contributed by atoms with Crippen LogP contribution in [0.4, 0.5) is 26.3 Å². The van der Waals surface area contributed by atoms with Crippen LogP contribution in [0.1, 0.15) is 47.2 Å². The molecule has 3 N–H and O–H groups in total. The summed E-state index contributed by atoms with van der Waals surface area (Å²) in [6.45, 7) is 4.01. The van der Waals surface area contributed by atoms with Gasteiger partial charge in [-0.1, -0.05) is 55.5 Å². The van der Waals surface area contributed by atoms with Gasteiger partial charge < -0.3 is 20.1 Å². The highest BCUT2D eigenvalue weighted by atomic mass is 19.4. The summed E-state index contributed by atoms with van der Waals surface area (Å²) in [4.78, 5) is 0. The molecule has 0 aliphatic carbocycles. The van der Waals surface area contributed by atoms with Crippen LogP contribution in [-0.4, -0.2) is 33.3 Å². The number of hydrogen-bond donors (Lipinski definition) is 3. The van der Waals surface area contributed by atoms with E-state index in [0.29, 0.717) is 34.7 Å². The van der Waals surface area contributed by atoms with Crippen LogP contribution in [0.2, 0.25) is 0 Å². The van der Waals surface area contributed by atoms with Gasteiger partial charge in [-0.3, -0.25) is 0 Å². The van der Waals surface area contributed by atoms with Crippen LogP contribution in [0.15, 0.2) is 54.6 Å². The van der Waals surface area contributed by atoms with Crippen molar-refractivity contribution in [1.82, 2.24) is 0 Å². The number of rotatable bonds is 8. The number of ether oxygens (including phenoxy) is 1. The maximum atomic E-state index is 14.4. The highest BCUT2D eigenvalue weighted by molar-refractivity contribution is 5.73. The molecule has 4 nitrogen and oxygen atoms in total. The minimum absolute atomic E-state index is 0.0958. The predicted molar refractivity (Wildman–Crippen MR) is 134 cm³/mol. The van der Waals surface area contributed by atoms with Gasteiger partial charge in [0.2, 0.25) is 0 Å². The number of alkyl halides is 6. The van der Waals surface area contributed by atoms with E-state index in [0.717, 1.165) is 18.2 Å². The van der Waals surface area contributed by atoms with E-state index in [1.54, 1.807) is 50.2 Å². The Morgan fingerprint density at radius 2 is 1.36 bits per heavy atom. The molecule has 1 unspecified atom stereocenters. The van der Waals surface area contributed by atoms with Crippen molar-refractivity contribution in [2.45, 2.75) is 70.9 Å². The van der Waals surface area contributed by atoms with Crippen LogP contribution in [0.5, 0.6) is 5.75 Å². The molecule has 212 valence electrons. The van der Waals surface area contributed by atoms with Gasteiger partial charge in [0, 0.05) is 5.56 Å². The number of hydrogen-bond acceptors (Lipinski definition) is 4. The summed E-state index contributed by atoms with van der Waals surface area (Å²) in [5.41, 5.74) is -7.09. The Bertz CT molecular complexity index is 1300. The fourth-order valence-electron chi connectivity index (χ4n) is 4.78. The molecule has 0 spiro atoms. The lowest BCUT2D eigenvalue weighted by atomic mass is 9.76. The van der Waals surface area contributed by atoms with E-state index in [9.17, 15) is 41.7 Å². The zero-order chi connectivity index (χ0) is 29.4. The van der Waals surface area contributed by atoms with Crippen LogP contribution < -0.4 is 4.74 Å². The molecule has 0 bridgehead atoms. The number of benzene rings is 3. The molecule has 0 heterocycles. The van der Waals surface area contributed by atoms with Crippen LogP contribution >= 0.6 is 0 Å². The van der Waals surface area contributed by atoms with E-state index in [1.165, 1.54) is 6.92 Å². The highest BCUT2D eigenvalue weighted by Crippen LogP contribution is 2.56. The predicted octanol–water partition coefficient (Wildman–Crippen LogP) is 6.67. The zero-order valence-electron chi connectivity index (χ0n) is 21.8. The quantitative estimate of drug-likeness (QED) is 0.271. The molecule has 3 aromatic rings. The van der Waals surface area contributed by atoms with E-state index in [1.807, 2.05) is 0 Å². The van der Waals surface area contributed by atoms with Gasteiger partial charge in [0.15, 0.2) is 5.60 Å². The molecule has 3 rings (SSSR count). The molecule has 10 heteroatoms. The van der Waals surface area contributed by atoms with Crippen LogP contribution in [0.3, 0.4) is 0 Å². The molecule has 0 aliphatic heterocycles. The van der Waals surface area contributed by atoms with Gasteiger partial charge in [-0.25, -0.2) is 0 Å². The maximum Gasteiger partial charge on any atom is 0.430 e. The Hall–Kier alpha value is -3.08. The Morgan fingerprint density at radius 1 is 0.795 bits per heavy atom. The van der Waals surface area contributed by atoms with Crippen molar-refractivity contribution < 1.29 is 46.4 Å². The molecule has 0 radical (unpaired) electrons. The van der Waals surface area contributed by atoms with Crippen LogP contribution in [-0.2, 0) is 25.2 Å². The standard InChI is InChI=1S/C29H30F6O4/c1-5-23-24(19-9-7-6-8-10-19)13-17(2)18(3)25(23)39-26(4,27(38,28(30,31)32)29(33,34)35)22-12-11-20(15-36)21(14-22)16-37/h6-14,36-38H,5,15-16H2,1-4H3. The van der Waals surface area contributed by atoms with E-state index >= 15 is 0 Å². The monoisotopic (exact) mass is 556 g/mol. The van der Waals surface area contributed by atoms with Gasteiger partial charge in [-0.2, -0.15) is 26.3 Å². The van der Waals surface area contributed by atoms with Crippen LogP contribution in [0, 0.1) is 13.8 Å². The summed E-state index contributed by atoms with van der Waals surface area (Å²) >= 11 is 0. The summed E-state index contributed by atoms with van der Waals surface area (Å²) in [5.74, 6) is -0.220. The normalized spacial score (nSPS) is 14.3. The SMILES string of the molecule is CCc1c(-c2ccccc2)cc(C)c(C)c1OC(C)(c1ccc(CO)c(CO)c1)C(O)(C(F)(F)F)C(F)(F)F. The van der Waals surface area contributed by atoms with Gasteiger partial charge in [-0.05, 0) is 72.2 Å². The molecular formula is C29H30F6O4. The third-order valence-electron chi connectivity index (χ3n) is 7.25. The Labute approximate surface area is 222 Å². The number of aliphatic hydroxyl groups excluding tert-OH is 2. The van der Waals surface area contributed by atoms with Gasteiger partial charge >= 0.3 is 18.0 Å². The molecular weight excluding hydrogens is 526 g/mol. The maximum absolute atomic E-state index is 14.4. The molecule has 39 heavy (non-hydrogen) atoms. The second-order valence-electron chi connectivity index (χ2n) is 9.53.